The normalized spacial score (nSPS) is 19.1. The minimum absolute atomic E-state index is 0.0708. The fourth-order valence-electron chi connectivity index (χ4n) is 3.88. The second-order valence-electron chi connectivity index (χ2n) is 7.47. The van der Waals surface area contributed by atoms with Crippen LogP contribution in [-0.4, -0.2) is 56.4 Å². The summed E-state index contributed by atoms with van der Waals surface area (Å²) in [5, 5.41) is 0. The highest BCUT2D eigenvalue weighted by Gasteiger charge is 2.43. The number of alkyl halides is 3. The first-order valence-corrected chi connectivity index (χ1v) is 9.67. The molecule has 1 fully saturated rings. The van der Waals surface area contributed by atoms with E-state index in [0.29, 0.717) is 23.5 Å². The second-order valence-corrected chi connectivity index (χ2v) is 7.47. The van der Waals surface area contributed by atoms with Gasteiger partial charge >= 0.3 is 6.36 Å². The monoisotopic (exact) mass is 438 g/mol. The maximum Gasteiger partial charge on any atom is 0.573 e. The number of carbonyl (C=O) groups is 1. The van der Waals surface area contributed by atoms with E-state index in [-0.39, 0.29) is 30.3 Å². The Morgan fingerprint density at radius 1 is 1.03 bits per heavy atom. The van der Waals surface area contributed by atoms with Crippen molar-refractivity contribution in [2.45, 2.75) is 31.4 Å². The molecule has 0 aromatic heterocycles. The lowest BCUT2D eigenvalue weighted by molar-refractivity contribution is -0.274. The molecular formula is C22H25F3N2O4. The van der Waals surface area contributed by atoms with Gasteiger partial charge in [0.15, 0.2) is 0 Å². The van der Waals surface area contributed by atoms with Crippen molar-refractivity contribution in [3.8, 4) is 17.2 Å². The molecule has 0 saturated carbocycles. The van der Waals surface area contributed by atoms with Crippen molar-refractivity contribution in [1.82, 2.24) is 9.80 Å². The van der Waals surface area contributed by atoms with Crippen LogP contribution in [-0.2, 0) is 11.3 Å². The van der Waals surface area contributed by atoms with Gasteiger partial charge < -0.3 is 19.1 Å². The lowest BCUT2D eigenvalue weighted by Crippen LogP contribution is -2.37. The Balaban J connectivity index is 1.94. The third-order valence-electron chi connectivity index (χ3n) is 5.32. The highest BCUT2D eigenvalue weighted by atomic mass is 19.4. The third kappa shape index (κ3) is 5.04. The molecule has 0 unspecified atom stereocenters. The third-order valence-corrected chi connectivity index (χ3v) is 5.32. The topological polar surface area (TPSA) is 51.2 Å². The molecule has 1 heterocycles. The second kappa shape index (κ2) is 9.05. The summed E-state index contributed by atoms with van der Waals surface area (Å²) in [7, 11) is 6.79. The Morgan fingerprint density at radius 2 is 1.61 bits per heavy atom. The van der Waals surface area contributed by atoms with Crippen molar-refractivity contribution < 1.29 is 32.2 Å². The summed E-state index contributed by atoms with van der Waals surface area (Å²) in [5.41, 5.74) is 1.45. The van der Waals surface area contributed by atoms with E-state index >= 15 is 0 Å². The number of likely N-dealkylation sites (tertiary alicyclic amines) is 1. The zero-order valence-corrected chi connectivity index (χ0v) is 17.8. The molecule has 2 aromatic rings. The van der Waals surface area contributed by atoms with Crippen LogP contribution in [0.5, 0.6) is 17.2 Å². The van der Waals surface area contributed by atoms with E-state index in [9.17, 15) is 18.0 Å². The van der Waals surface area contributed by atoms with Crippen molar-refractivity contribution in [2.24, 2.45) is 0 Å². The number of amides is 1. The minimum Gasteiger partial charge on any atom is -0.496 e. The van der Waals surface area contributed by atoms with E-state index < -0.39 is 6.36 Å². The molecule has 2 aromatic carbocycles. The number of methoxy groups -OCH3 is 2. The zero-order valence-electron chi connectivity index (χ0n) is 17.8. The molecule has 0 spiro atoms. The number of benzene rings is 2. The number of ether oxygens (including phenoxy) is 3. The average Bonchev–Trinajstić information content (AvgIpc) is 3.03. The van der Waals surface area contributed by atoms with Gasteiger partial charge in [-0.05, 0) is 50.3 Å². The van der Waals surface area contributed by atoms with Gasteiger partial charge in [0.1, 0.15) is 17.2 Å². The van der Waals surface area contributed by atoms with Gasteiger partial charge in [0.2, 0.25) is 5.91 Å². The Labute approximate surface area is 179 Å². The van der Waals surface area contributed by atoms with Gasteiger partial charge in [0, 0.05) is 6.54 Å². The molecular weight excluding hydrogens is 413 g/mol. The standard InChI is InChI=1S/C22H25F3N2O4/c1-26(2)17-12-16(20-18(29-3)6-5-7-19(20)30-4)27(21(17)28)13-14-8-10-15(11-9-14)31-22(23,24)25/h5-11,16-17H,12-13H2,1-4H3/t16-,17+/m0/s1. The fraction of sp³-hybridized carbons (Fsp3) is 0.409. The maximum atomic E-state index is 13.2. The lowest BCUT2D eigenvalue weighted by atomic mass is 10.00. The molecule has 3 rings (SSSR count). The predicted octanol–water partition coefficient (Wildman–Crippen LogP) is 4.01. The molecule has 6 nitrogen and oxygen atoms in total. The highest BCUT2D eigenvalue weighted by molar-refractivity contribution is 5.85. The number of hydrogen-bond donors (Lipinski definition) is 0. The van der Waals surface area contributed by atoms with Crippen molar-refractivity contribution >= 4 is 5.91 Å². The predicted molar refractivity (Wildman–Crippen MR) is 108 cm³/mol. The van der Waals surface area contributed by atoms with E-state index in [1.165, 1.54) is 24.3 Å². The molecule has 1 saturated heterocycles. The number of rotatable bonds is 7. The summed E-state index contributed by atoms with van der Waals surface area (Å²) in [6, 6.07) is 10.3. The van der Waals surface area contributed by atoms with Crippen LogP contribution in [0.4, 0.5) is 13.2 Å². The highest BCUT2D eigenvalue weighted by Crippen LogP contribution is 2.44. The Morgan fingerprint density at radius 3 is 2.10 bits per heavy atom. The number of likely N-dealkylation sites (N-methyl/N-ethyl adjacent to an activating group) is 1. The zero-order chi connectivity index (χ0) is 22.8. The molecule has 31 heavy (non-hydrogen) atoms. The van der Waals surface area contributed by atoms with Crippen LogP contribution >= 0.6 is 0 Å². The van der Waals surface area contributed by atoms with Gasteiger partial charge in [0.05, 0.1) is 31.9 Å². The first-order chi connectivity index (χ1) is 14.6. The summed E-state index contributed by atoms with van der Waals surface area (Å²) < 4.78 is 52.3. The van der Waals surface area contributed by atoms with Crippen LogP contribution in [0.3, 0.4) is 0 Å². The van der Waals surface area contributed by atoms with Crippen LogP contribution in [0.2, 0.25) is 0 Å². The van der Waals surface area contributed by atoms with Gasteiger partial charge in [-0.15, -0.1) is 13.2 Å². The first kappa shape index (κ1) is 22.7. The average molecular weight is 438 g/mol. The largest absolute Gasteiger partial charge is 0.573 e. The lowest BCUT2D eigenvalue weighted by Gasteiger charge is -2.27. The van der Waals surface area contributed by atoms with Crippen molar-refractivity contribution in [1.29, 1.82) is 0 Å². The summed E-state index contributed by atoms with van der Waals surface area (Å²) in [6.07, 6.45) is -4.23. The molecule has 168 valence electrons. The number of halogens is 3. The van der Waals surface area contributed by atoms with E-state index in [1.54, 1.807) is 19.1 Å². The summed E-state index contributed by atoms with van der Waals surface area (Å²) in [6.45, 7) is 0.224. The van der Waals surface area contributed by atoms with E-state index in [4.69, 9.17) is 9.47 Å². The molecule has 1 aliphatic heterocycles. The maximum absolute atomic E-state index is 13.2. The van der Waals surface area contributed by atoms with Crippen LogP contribution in [0.1, 0.15) is 23.6 Å². The van der Waals surface area contributed by atoms with Crippen molar-refractivity contribution in [2.75, 3.05) is 28.3 Å². The first-order valence-electron chi connectivity index (χ1n) is 9.67. The number of carbonyl (C=O) groups excluding carboxylic acids is 1. The molecule has 0 N–H and O–H groups in total. The Hall–Kier alpha value is -2.94. The molecule has 2 atom stereocenters. The van der Waals surface area contributed by atoms with Gasteiger partial charge in [-0.2, -0.15) is 0 Å². The van der Waals surface area contributed by atoms with Crippen molar-refractivity contribution in [3.63, 3.8) is 0 Å². The molecule has 1 amide bonds. The summed E-state index contributed by atoms with van der Waals surface area (Å²) in [4.78, 5) is 16.8. The SMILES string of the molecule is COc1cccc(OC)c1[C@@H]1C[C@@H](N(C)C)C(=O)N1Cc1ccc(OC(F)(F)F)cc1. The van der Waals surface area contributed by atoms with Crippen molar-refractivity contribution in [3.05, 3.63) is 53.6 Å². The Kier molecular flexibility index (Phi) is 6.64. The van der Waals surface area contributed by atoms with Gasteiger partial charge in [0.25, 0.3) is 0 Å². The van der Waals surface area contributed by atoms with Crippen LogP contribution < -0.4 is 14.2 Å². The molecule has 0 aliphatic carbocycles. The molecule has 0 radical (unpaired) electrons. The number of hydrogen-bond acceptors (Lipinski definition) is 5. The van der Waals surface area contributed by atoms with Crippen LogP contribution in [0.25, 0.3) is 0 Å². The smallest absolute Gasteiger partial charge is 0.496 e. The van der Waals surface area contributed by atoms with Crippen LogP contribution in [0, 0.1) is 0 Å². The minimum atomic E-state index is -4.75. The molecule has 0 bridgehead atoms. The summed E-state index contributed by atoms with van der Waals surface area (Å²) in [5.74, 6) is 0.836. The van der Waals surface area contributed by atoms with Gasteiger partial charge in [-0.1, -0.05) is 18.2 Å². The van der Waals surface area contributed by atoms with E-state index in [0.717, 1.165) is 5.56 Å². The van der Waals surface area contributed by atoms with E-state index in [1.807, 2.05) is 37.2 Å². The molecule has 1 aliphatic rings. The molecule has 9 heteroatoms. The quantitative estimate of drug-likeness (QED) is 0.654. The number of nitrogens with zero attached hydrogens (tertiary/aromatic N) is 2. The van der Waals surface area contributed by atoms with Gasteiger partial charge in [-0.3, -0.25) is 9.69 Å². The fourth-order valence-corrected chi connectivity index (χ4v) is 3.88. The Bertz CT molecular complexity index is 894. The van der Waals surface area contributed by atoms with Crippen LogP contribution in [0.15, 0.2) is 42.5 Å². The van der Waals surface area contributed by atoms with E-state index in [2.05, 4.69) is 4.74 Å². The summed E-state index contributed by atoms with van der Waals surface area (Å²) >= 11 is 0. The van der Waals surface area contributed by atoms with Gasteiger partial charge in [-0.25, -0.2) is 0 Å².